The first-order chi connectivity index (χ1) is 14.8. The number of nitrogens with one attached hydrogen (secondary N) is 2. The Balaban J connectivity index is 1.62. The number of benzene rings is 2. The zero-order chi connectivity index (χ0) is 22.4. The summed E-state index contributed by atoms with van der Waals surface area (Å²) in [7, 11) is 0. The molecule has 1 heterocycles. The molecular formula is C23H26N4O4. The summed E-state index contributed by atoms with van der Waals surface area (Å²) in [4.78, 5) is 50.2. The van der Waals surface area contributed by atoms with Crippen LogP contribution in [0.2, 0.25) is 0 Å². The molecule has 0 radical (unpaired) electrons. The van der Waals surface area contributed by atoms with E-state index < -0.39 is 11.8 Å². The number of primary amides is 1. The van der Waals surface area contributed by atoms with E-state index in [9.17, 15) is 19.2 Å². The lowest BCUT2D eigenvalue weighted by atomic mass is 9.96. The molecule has 1 unspecified atom stereocenters. The Labute approximate surface area is 180 Å². The predicted octanol–water partition coefficient (Wildman–Crippen LogP) is 1.70. The number of carbonyl (C=O) groups excluding carboxylic acids is 4. The second kappa shape index (κ2) is 9.88. The number of rotatable bonds is 6. The largest absolute Gasteiger partial charge is 0.368 e. The highest BCUT2D eigenvalue weighted by Gasteiger charge is 2.29. The van der Waals surface area contributed by atoms with Gasteiger partial charge in [0.15, 0.2) is 0 Å². The normalized spacial score (nSPS) is 15.8. The quantitative estimate of drug-likeness (QED) is 0.656. The van der Waals surface area contributed by atoms with Gasteiger partial charge in [0.25, 0.3) is 11.8 Å². The van der Waals surface area contributed by atoms with Gasteiger partial charge in [-0.05, 0) is 50.1 Å². The van der Waals surface area contributed by atoms with Crippen LogP contribution in [0.1, 0.15) is 39.1 Å². The van der Waals surface area contributed by atoms with Gasteiger partial charge >= 0.3 is 0 Å². The molecule has 0 spiro atoms. The number of anilines is 1. The number of aryl methyl sites for hydroxylation is 1. The summed E-state index contributed by atoms with van der Waals surface area (Å²) in [5.74, 6) is -1.71. The fraction of sp³-hybridized carbons (Fsp3) is 0.304. The average molecular weight is 422 g/mol. The number of carbonyl (C=O) groups is 4. The molecule has 8 nitrogen and oxygen atoms in total. The second-order valence-corrected chi connectivity index (χ2v) is 7.68. The van der Waals surface area contributed by atoms with Gasteiger partial charge < -0.3 is 21.3 Å². The number of piperidine rings is 1. The van der Waals surface area contributed by atoms with Crippen molar-refractivity contribution in [3.63, 3.8) is 0 Å². The second-order valence-electron chi connectivity index (χ2n) is 7.68. The standard InChI is InChI=1S/C23H26N4O4/c1-15-7-9-16(10-8-15)23(31)27-11-3-5-18(14-27)22(30)26-19-6-2-4-17(12-19)21(29)25-13-20(24)28/h2,4,6-10,12,18H,3,5,11,13-14H2,1H3,(H2,24,28)(H,25,29)(H,26,30). The fourth-order valence-electron chi connectivity index (χ4n) is 3.51. The summed E-state index contributed by atoms with van der Waals surface area (Å²) in [6, 6.07) is 13.8. The lowest BCUT2D eigenvalue weighted by Gasteiger charge is -2.32. The molecule has 0 saturated carbocycles. The van der Waals surface area contributed by atoms with Crippen molar-refractivity contribution >= 4 is 29.3 Å². The van der Waals surface area contributed by atoms with Crippen molar-refractivity contribution < 1.29 is 19.2 Å². The minimum atomic E-state index is -0.639. The van der Waals surface area contributed by atoms with Crippen LogP contribution in [0.5, 0.6) is 0 Å². The van der Waals surface area contributed by atoms with E-state index in [1.807, 2.05) is 19.1 Å². The molecule has 1 atom stereocenters. The smallest absolute Gasteiger partial charge is 0.253 e. The van der Waals surface area contributed by atoms with Crippen molar-refractivity contribution in [2.75, 3.05) is 25.0 Å². The highest BCUT2D eigenvalue weighted by atomic mass is 16.2. The molecule has 8 heteroatoms. The molecule has 2 aromatic rings. The molecule has 0 aromatic heterocycles. The van der Waals surface area contributed by atoms with Crippen LogP contribution in [-0.2, 0) is 9.59 Å². The monoisotopic (exact) mass is 422 g/mol. The number of hydrogen-bond donors (Lipinski definition) is 3. The molecule has 1 fully saturated rings. The summed E-state index contributed by atoms with van der Waals surface area (Å²) in [6.45, 7) is 2.66. The zero-order valence-electron chi connectivity index (χ0n) is 17.4. The molecule has 4 amide bonds. The SMILES string of the molecule is Cc1ccc(C(=O)N2CCCC(C(=O)Nc3cccc(C(=O)NCC(N)=O)c3)C2)cc1. The predicted molar refractivity (Wildman–Crippen MR) is 116 cm³/mol. The van der Waals surface area contributed by atoms with Gasteiger partial charge in [0, 0.05) is 29.9 Å². The van der Waals surface area contributed by atoms with Crippen LogP contribution < -0.4 is 16.4 Å². The van der Waals surface area contributed by atoms with Crippen LogP contribution in [-0.4, -0.2) is 48.2 Å². The molecule has 162 valence electrons. The summed E-state index contributed by atoms with van der Waals surface area (Å²) in [6.07, 6.45) is 1.42. The maximum atomic E-state index is 12.8. The average Bonchev–Trinajstić information content (AvgIpc) is 2.77. The highest BCUT2D eigenvalue weighted by molar-refractivity contribution is 5.99. The minimum Gasteiger partial charge on any atom is -0.368 e. The van der Waals surface area contributed by atoms with E-state index in [1.54, 1.807) is 35.2 Å². The third kappa shape index (κ3) is 5.91. The first-order valence-corrected chi connectivity index (χ1v) is 10.2. The maximum Gasteiger partial charge on any atom is 0.253 e. The van der Waals surface area contributed by atoms with Crippen LogP contribution in [0, 0.1) is 12.8 Å². The van der Waals surface area contributed by atoms with Crippen LogP contribution in [0.4, 0.5) is 5.69 Å². The van der Waals surface area contributed by atoms with Gasteiger partial charge in [0.05, 0.1) is 12.5 Å². The Morgan fingerprint density at radius 3 is 2.52 bits per heavy atom. The Kier molecular flexibility index (Phi) is 7.02. The molecule has 3 rings (SSSR count). The first-order valence-electron chi connectivity index (χ1n) is 10.2. The Morgan fingerprint density at radius 2 is 1.81 bits per heavy atom. The van der Waals surface area contributed by atoms with Crippen molar-refractivity contribution in [3.8, 4) is 0 Å². The molecule has 1 aliphatic rings. The van der Waals surface area contributed by atoms with E-state index >= 15 is 0 Å². The van der Waals surface area contributed by atoms with Gasteiger partial charge in [-0.3, -0.25) is 19.2 Å². The van der Waals surface area contributed by atoms with E-state index in [4.69, 9.17) is 5.73 Å². The number of nitrogens with zero attached hydrogens (tertiary/aromatic N) is 1. The van der Waals surface area contributed by atoms with Gasteiger partial charge in [-0.1, -0.05) is 23.8 Å². The van der Waals surface area contributed by atoms with Crippen LogP contribution in [0.15, 0.2) is 48.5 Å². The third-order valence-corrected chi connectivity index (χ3v) is 5.19. The number of hydrogen-bond acceptors (Lipinski definition) is 4. The third-order valence-electron chi connectivity index (χ3n) is 5.19. The molecular weight excluding hydrogens is 396 g/mol. The molecule has 4 N–H and O–H groups in total. The van der Waals surface area contributed by atoms with Crippen molar-refractivity contribution in [1.82, 2.24) is 10.2 Å². The molecule has 1 saturated heterocycles. The lowest BCUT2D eigenvalue weighted by molar-refractivity contribution is -0.121. The van der Waals surface area contributed by atoms with E-state index in [0.717, 1.165) is 12.0 Å². The molecule has 31 heavy (non-hydrogen) atoms. The highest BCUT2D eigenvalue weighted by Crippen LogP contribution is 2.21. The maximum absolute atomic E-state index is 12.8. The Morgan fingerprint density at radius 1 is 1.06 bits per heavy atom. The van der Waals surface area contributed by atoms with Gasteiger partial charge in [-0.2, -0.15) is 0 Å². The Bertz CT molecular complexity index is 987. The molecule has 0 bridgehead atoms. The number of amides is 4. The van der Waals surface area contributed by atoms with Crippen LogP contribution >= 0.6 is 0 Å². The summed E-state index contributed by atoms with van der Waals surface area (Å²) >= 11 is 0. The van der Waals surface area contributed by atoms with Crippen molar-refractivity contribution in [2.45, 2.75) is 19.8 Å². The van der Waals surface area contributed by atoms with Gasteiger partial charge in [-0.25, -0.2) is 0 Å². The number of likely N-dealkylation sites (tertiary alicyclic amines) is 1. The van der Waals surface area contributed by atoms with Crippen molar-refractivity contribution in [1.29, 1.82) is 0 Å². The molecule has 0 aliphatic carbocycles. The van der Waals surface area contributed by atoms with E-state index in [0.29, 0.717) is 36.3 Å². The summed E-state index contributed by atoms with van der Waals surface area (Å²) in [5, 5.41) is 5.24. The van der Waals surface area contributed by atoms with Gasteiger partial charge in [0.2, 0.25) is 11.8 Å². The Hall–Kier alpha value is -3.68. The van der Waals surface area contributed by atoms with E-state index in [1.165, 1.54) is 6.07 Å². The van der Waals surface area contributed by atoms with Gasteiger partial charge in [0.1, 0.15) is 0 Å². The fourth-order valence-corrected chi connectivity index (χ4v) is 3.51. The lowest BCUT2D eigenvalue weighted by Crippen LogP contribution is -2.43. The van der Waals surface area contributed by atoms with Crippen LogP contribution in [0.25, 0.3) is 0 Å². The van der Waals surface area contributed by atoms with E-state index in [-0.39, 0.29) is 24.3 Å². The summed E-state index contributed by atoms with van der Waals surface area (Å²) in [5.41, 5.74) is 7.50. The van der Waals surface area contributed by atoms with E-state index in [2.05, 4.69) is 10.6 Å². The topological polar surface area (TPSA) is 122 Å². The van der Waals surface area contributed by atoms with Crippen molar-refractivity contribution in [2.24, 2.45) is 11.7 Å². The number of nitrogens with two attached hydrogens (primary N) is 1. The molecule has 1 aliphatic heterocycles. The zero-order valence-corrected chi connectivity index (χ0v) is 17.4. The minimum absolute atomic E-state index is 0.0781. The summed E-state index contributed by atoms with van der Waals surface area (Å²) < 4.78 is 0. The van der Waals surface area contributed by atoms with Crippen molar-refractivity contribution in [3.05, 3.63) is 65.2 Å². The van der Waals surface area contributed by atoms with Gasteiger partial charge in [-0.15, -0.1) is 0 Å². The first kappa shape index (κ1) is 22.0. The van der Waals surface area contributed by atoms with Crippen LogP contribution in [0.3, 0.4) is 0 Å². The molecule has 2 aromatic carbocycles.